The third kappa shape index (κ3) is 2.76. The van der Waals surface area contributed by atoms with Crippen LogP contribution in [-0.2, 0) is 5.75 Å². The summed E-state index contributed by atoms with van der Waals surface area (Å²) in [7, 11) is 0. The molecule has 0 fully saturated rings. The summed E-state index contributed by atoms with van der Waals surface area (Å²) < 4.78 is 0.790. The highest BCUT2D eigenvalue weighted by atomic mass is 32.2. The lowest BCUT2D eigenvalue weighted by atomic mass is 10.2. The number of nitrogens with zero attached hydrogens (tertiary/aromatic N) is 3. The van der Waals surface area contributed by atoms with E-state index in [1.54, 1.807) is 6.92 Å². The van der Waals surface area contributed by atoms with Gasteiger partial charge in [0.1, 0.15) is 15.7 Å². The van der Waals surface area contributed by atoms with Crippen LogP contribution in [0.25, 0.3) is 10.2 Å². The number of thioether (sulfide) groups is 1. The van der Waals surface area contributed by atoms with Gasteiger partial charge in [0.2, 0.25) is 0 Å². The van der Waals surface area contributed by atoms with Gasteiger partial charge in [-0.25, -0.2) is 4.98 Å². The van der Waals surface area contributed by atoms with Gasteiger partial charge >= 0.3 is 0 Å². The minimum Gasteiger partial charge on any atom is -0.544 e. The van der Waals surface area contributed by atoms with Crippen LogP contribution in [0.4, 0.5) is 0 Å². The quantitative estimate of drug-likeness (QED) is 0.699. The minimum absolute atomic E-state index is 0.0394. The third-order valence-corrected chi connectivity index (χ3v) is 6.02. The van der Waals surface area contributed by atoms with Crippen LogP contribution in [0.3, 0.4) is 0 Å². The summed E-state index contributed by atoms with van der Waals surface area (Å²) in [5.74, 6) is -0.390. The Bertz CT molecular complexity index is 927. The molecule has 0 aliphatic carbocycles. The second kappa shape index (κ2) is 5.78. The minimum atomic E-state index is -1.29. The Morgan fingerprint density at radius 1 is 1.32 bits per heavy atom. The average Bonchev–Trinajstić information content (AvgIpc) is 3.01. The van der Waals surface area contributed by atoms with Crippen molar-refractivity contribution in [3.8, 4) is 0 Å². The number of thiophene rings is 1. The monoisotopic (exact) mass is 353 g/mol. The van der Waals surface area contributed by atoms with E-state index in [0.29, 0.717) is 27.4 Å². The van der Waals surface area contributed by atoms with Crippen molar-refractivity contribution < 1.29 is 9.90 Å². The van der Waals surface area contributed by atoms with Crippen LogP contribution in [0, 0.1) is 13.8 Å². The van der Waals surface area contributed by atoms with Crippen molar-refractivity contribution in [3.63, 3.8) is 0 Å². The Morgan fingerprint density at radius 3 is 2.73 bits per heavy atom. The van der Waals surface area contributed by atoms with E-state index in [2.05, 4.69) is 20.2 Å². The standard InChI is InChI=1S/C12H10N4O3S3/c1-4-7-9(17)13-6(3-20-12-16-15-5(2)21-12)14-10(7)22-8(4)11(18)19/h3H2,1-2H3,(H,18,19)(H,13,14,17)/p-1. The molecule has 0 atom stereocenters. The molecule has 3 heterocycles. The van der Waals surface area contributed by atoms with Gasteiger partial charge in [0.15, 0.2) is 4.34 Å². The van der Waals surface area contributed by atoms with E-state index >= 15 is 0 Å². The fraction of sp³-hybridized carbons (Fsp3) is 0.250. The number of H-pyrrole nitrogens is 1. The summed E-state index contributed by atoms with van der Waals surface area (Å²) in [6.07, 6.45) is 0. The fourth-order valence-electron chi connectivity index (χ4n) is 1.92. The Hall–Kier alpha value is -1.78. The van der Waals surface area contributed by atoms with E-state index < -0.39 is 5.97 Å². The molecule has 3 aromatic rings. The molecule has 3 aromatic heterocycles. The number of carbonyl (C=O) groups excluding carboxylic acids is 1. The van der Waals surface area contributed by atoms with Gasteiger partial charge in [-0.05, 0) is 19.4 Å². The van der Waals surface area contributed by atoms with Crippen LogP contribution in [-0.4, -0.2) is 26.1 Å². The molecule has 0 aromatic carbocycles. The number of fused-ring (bicyclic) bond motifs is 1. The van der Waals surface area contributed by atoms with Crippen LogP contribution in [0.2, 0.25) is 0 Å². The number of carboxylic acid groups (broad SMARTS) is 1. The summed E-state index contributed by atoms with van der Waals surface area (Å²) >= 11 is 3.84. The van der Waals surface area contributed by atoms with Gasteiger partial charge in [-0.1, -0.05) is 23.1 Å². The highest BCUT2D eigenvalue weighted by Gasteiger charge is 2.15. The summed E-state index contributed by atoms with van der Waals surface area (Å²) in [5, 5.41) is 20.1. The molecule has 0 amide bonds. The summed E-state index contributed by atoms with van der Waals surface area (Å²) in [5.41, 5.74) is 0.0583. The number of aromatic carboxylic acids is 1. The van der Waals surface area contributed by atoms with Crippen molar-refractivity contribution in [1.29, 1.82) is 0 Å². The van der Waals surface area contributed by atoms with Crippen LogP contribution in [0.1, 0.15) is 26.1 Å². The van der Waals surface area contributed by atoms with E-state index in [-0.39, 0.29) is 10.4 Å². The molecule has 3 rings (SSSR count). The van der Waals surface area contributed by atoms with E-state index in [0.717, 1.165) is 20.7 Å². The molecule has 0 spiro atoms. The van der Waals surface area contributed by atoms with Crippen molar-refractivity contribution >= 4 is 50.6 Å². The number of hydrogen-bond donors (Lipinski definition) is 1. The molecular weight excluding hydrogens is 344 g/mol. The largest absolute Gasteiger partial charge is 0.544 e. The van der Waals surface area contributed by atoms with Crippen molar-refractivity contribution in [2.75, 3.05) is 0 Å². The first-order chi connectivity index (χ1) is 10.5. The Kier molecular flexibility index (Phi) is 3.98. The Morgan fingerprint density at radius 2 is 2.09 bits per heavy atom. The molecule has 0 saturated heterocycles. The first-order valence-corrected chi connectivity index (χ1v) is 8.74. The Balaban J connectivity index is 1.95. The molecule has 22 heavy (non-hydrogen) atoms. The van der Waals surface area contributed by atoms with E-state index in [1.165, 1.54) is 23.1 Å². The van der Waals surface area contributed by atoms with E-state index in [4.69, 9.17) is 0 Å². The topological polar surface area (TPSA) is 112 Å². The van der Waals surface area contributed by atoms with Gasteiger partial charge < -0.3 is 14.9 Å². The molecular formula is C12H9N4O3S3-. The number of aromatic nitrogens is 4. The lowest BCUT2D eigenvalue weighted by Crippen LogP contribution is -2.21. The highest BCUT2D eigenvalue weighted by molar-refractivity contribution is 8.00. The SMILES string of the molecule is Cc1nnc(SCc2nc3sc(C(=O)[O-])c(C)c3c(=O)[nH]2)s1. The van der Waals surface area contributed by atoms with Gasteiger partial charge in [-0.2, -0.15) is 0 Å². The second-order valence-corrected chi connectivity index (χ2v) is 7.82. The summed E-state index contributed by atoms with van der Waals surface area (Å²) in [6, 6.07) is 0. The number of nitrogens with one attached hydrogen (secondary N) is 1. The van der Waals surface area contributed by atoms with Gasteiger partial charge in [0.05, 0.1) is 22.0 Å². The molecule has 10 heteroatoms. The lowest BCUT2D eigenvalue weighted by Gasteiger charge is -1.99. The van der Waals surface area contributed by atoms with E-state index in [9.17, 15) is 14.7 Å². The fourth-order valence-corrected chi connectivity index (χ4v) is 4.64. The van der Waals surface area contributed by atoms with Crippen molar-refractivity contribution in [3.05, 3.63) is 31.6 Å². The highest BCUT2D eigenvalue weighted by Crippen LogP contribution is 2.28. The maximum absolute atomic E-state index is 12.1. The number of carboxylic acids is 1. The van der Waals surface area contributed by atoms with Gasteiger partial charge in [-0.3, -0.25) is 4.79 Å². The zero-order chi connectivity index (χ0) is 15.9. The second-order valence-electron chi connectivity index (χ2n) is 4.41. The zero-order valence-corrected chi connectivity index (χ0v) is 13.9. The van der Waals surface area contributed by atoms with Crippen LogP contribution >= 0.6 is 34.4 Å². The van der Waals surface area contributed by atoms with Gasteiger partial charge in [-0.15, -0.1) is 21.5 Å². The molecule has 0 aliphatic rings. The smallest absolute Gasteiger partial charge is 0.259 e. The molecule has 0 radical (unpaired) electrons. The summed E-state index contributed by atoms with van der Waals surface area (Å²) in [6.45, 7) is 3.45. The molecule has 1 N–H and O–H groups in total. The predicted octanol–water partition coefficient (Wildman–Crippen LogP) is 1.11. The predicted molar refractivity (Wildman–Crippen MR) is 83.5 cm³/mol. The molecule has 0 saturated carbocycles. The molecule has 0 bridgehead atoms. The van der Waals surface area contributed by atoms with Crippen LogP contribution in [0.15, 0.2) is 9.13 Å². The molecule has 7 nitrogen and oxygen atoms in total. The number of aromatic amines is 1. The maximum Gasteiger partial charge on any atom is 0.259 e. The Labute approximate surface area is 136 Å². The van der Waals surface area contributed by atoms with Crippen molar-refractivity contribution in [1.82, 2.24) is 20.2 Å². The molecule has 0 aliphatic heterocycles. The third-order valence-electron chi connectivity index (χ3n) is 2.87. The number of hydrogen-bond acceptors (Lipinski definition) is 9. The molecule has 114 valence electrons. The number of rotatable bonds is 4. The zero-order valence-electron chi connectivity index (χ0n) is 11.5. The number of carbonyl (C=O) groups is 1. The average molecular weight is 353 g/mol. The first kappa shape index (κ1) is 15.1. The van der Waals surface area contributed by atoms with Crippen molar-refractivity contribution in [2.45, 2.75) is 23.9 Å². The molecule has 0 unspecified atom stereocenters. The lowest BCUT2D eigenvalue weighted by molar-refractivity contribution is -0.254. The van der Waals surface area contributed by atoms with Gasteiger partial charge in [0.25, 0.3) is 5.56 Å². The normalized spacial score (nSPS) is 11.2. The van der Waals surface area contributed by atoms with Crippen molar-refractivity contribution in [2.24, 2.45) is 0 Å². The van der Waals surface area contributed by atoms with Crippen LogP contribution < -0.4 is 10.7 Å². The van der Waals surface area contributed by atoms with Crippen LogP contribution in [0.5, 0.6) is 0 Å². The van der Waals surface area contributed by atoms with Gasteiger partial charge in [0, 0.05) is 0 Å². The first-order valence-electron chi connectivity index (χ1n) is 6.12. The maximum atomic E-state index is 12.1. The summed E-state index contributed by atoms with van der Waals surface area (Å²) in [4.78, 5) is 30.6. The van der Waals surface area contributed by atoms with E-state index in [1.807, 2.05) is 6.92 Å². The number of aryl methyl sites for hydroxylation is 2.